The minimum absolute atomic E-state index is 0.0472. The number of amides is 1. The number of nitrogens with one attached hydrogen (secondary N) is 1. The molecule has 5 heteroatoms. The molecule has 0 bridgehead atoms. The molecule has 0 aliphatic rings. The first kappa shape index (κ1) is 14.2. The molecule has 0 spiro atoms. The van der Waals surface area contributed by atoms with Crippen LogP contribution in [-0.2, 0) is 11.2 Å². The highest BCUT2D eigenvalue weighted by atomic mass is 79.9. The summed E-state index contributed by atoms with van der Waals surface area (Å²) in [6.07, 6.45) is 0.359. The summed E-state index contributed by atoms with van der Waals surface area (Å²) in [5.41, 5.74) is 3.07. The van der Waals surface area contributed by atoms with Gasteiger partial charge in [0.2, 0.25) is 5.91 Å². The fraction of sp³-hybridized carbons (Fsp3) is 0.125. The van der Waals surface area contributed by atoms with Gasteiger partial charge in [0.25, 0.3) is 0 Å². The zero-order chi connectivity index (χ0) is 14.8. The molecule has 0 fully saturated rings. The van der Waals surface area contributed by atoms with Crippen LogP contribution in [0.25, 0.3) is 10.2 Å². The molecule has 1 amide bonds. The molecule has 3 aromatic rings. The zero-order valence-corrected chi connectivity index (χ0v) is 13.8. The van der Waals surface area contributed by atoms with Gasteiger partial charge in [-0.15, -0.1) is 0 Å². The monoisotopic (exact) mass is 360 g/mol. The summed E-state index contributed by atoms with van der Waals surface area (Å²) in [6.45, 7) is 2.03. The highest BCUT2D eigenvalue weighted by molar-refractivity contribution is 9.10. The molecule has 0 unspecified atom stereocenters. The van der Waals surface area contributed by atoms with Crippen LogP contribution in [0.3, 0.4) is 0 Å². The van der Waals surface area contributed by atoms with Crippen molar-refractivity contribution in [2.45, 2.75) is 13.3 Å². The summed E-state index contributed by atoms with van der Waals surface area (Å²) in [5.74, 6) is -0.0472. The molecule has 0 aliphatic heterocycles. The van der Waals surface area contributed by atoms with Crippen LogP contribution in [-0.4, -0.2) is 10.9 Å². The Morgan fingerprint density at radius 2 is 2.00 bits per heavy atom. The molecule has 1 N–H and O–H groups in total. The molecule has 3 rings (SSSR count). The number of carbonyl (C=O) groups is 1. The van der Waals surface area contributed by atoms with E-state index in [0.29, 0.717) is 11.6 Å². The van der Waals surface area contributed by atoms with Gasteiger partial charge in [0.15, 0.2) is 5.13 Å². The van der Waals surface area contributed by atoms with E-state index in [0.717, 1.165) is 20.3 Å². The van der Waals surface area contributed by atoms with Crippen LogP contribution in [0.15, 0.2) is 46.9 Å². The predicted octanol–water partition coefficient (Wildman–Crippen LogP) is 4.55. The summed E-state index contributed by atoms with van der Waals surface area (Å²) >= 11 is 4.95. The van der Waals surface area contributed by atoms with Gasteiger partial charge in [-0.1, -0.05) is 47.2 Å². The standard InChI is InChI=1S/C16H13BrN2OS/c1-10-5-7-11(8-6-10)9-14(20)18-16-19-15-12(17)3-2-4-13(15)21-16/h2-8H,9H2,1H3,(H,18,19,20). The Morgan fingerprint density at radius 1 is 1.24 bits per heavy atom. The highest BCUT2D eigenvalue weighted by Gasteiger charge is 2.10. The summed E-state index contributed by atoms with van der Waals surface area (Å²) in [6, 6.07) is 13.9. The Labute approximate surface area is 135 Å². The van der Waals surface area contributed by atoms with Crippen LogP contribution in [0.5, 0.6) is 0 Å². The molecule has 0 saturated carbocycles. The maximum absolute atomic E-state index is 12.1. The predicted molar refractivity (Wildman–Crippen MR) is 90.8 cm³/mol. The third-order valence-corrected chi connectivity index (χ3v) is 4.68. The molecule has 0 radical (unpaired) electrons. The van der Waals surface area contributed by atoms with Crippen molar-refractivity contribution in [1.29, 1.82) is 0 Å². The third-order valence-electron chi connectivity index (χ3n) is 3.10. The lowest BCUT2D eigenvalue weighted by molar-refractivity contribution is -0.115. The van der Waals surface area contributed by atoms with Gasteiger partial charge in [0.1, 0.15) is 0 Å². The molecule has 1 heterocycles. The number of fused-ring (bicyclic) bond motifs is 1. The minimum Gasteiger partial charge on any atom is -0.302 e. The van der Waals surface area contributed by atoms with E-state index in [1.807, 2.05) is 49.4 Å². The number of hydrogen-bond donors (Lipinski definition) is 1. The molecule has 106 valence electrons. The summed E-state index contributed by atoms with van der Waals surface area (Å²) in [4.78, 5) is 16.5. The highest BCUT2D eigenvalue weighted by Crippen LogP contribution is 2.30. The second-order valence-electron chi connectivity index (χ2n) is 4.82. The van der Waals surface area contributed by atoms with Crippen molar-refractivity contribution in [2.75, 3.05) is 5.32 Å². The van der Waals surface area contributed by atoms with Crippen LogP contribution < -0.4 is 5.32 Å². The molecule has 0 saturated heterocycles. The second-order valence-corrected chi connectivity index (χ2v) is 6.70. The van der Waals surface area contributed by atoms with Crippen molar-refractivity contribution in [1.82, 2.24) is 4.98 Å². The maximum atomic E-state index is 12.1. The van der Waals surface area contributed by atoms with Gasteiger partial charge in [0, 0.05) is 4.47 Å². The smallest absolute Gasteiger partial charge is 0.230 e. The van der Waals surface area contributed by atoms with Crippen molar-refractivity contribution in [3.05, 3.63) is 58.1 Å². The molecule has 0 atom stereocenters. The van der Waals surface area contributed by atoms with E-state index < -0.39 is 0 Å². The van der Waals surface area contributed by atoms with Crippen molar-refractivity contribution in [3.63, 3.8) is 0 Å². The number of halogens is 1. The number of nitrogens with zero attached hydrogens (tertiary/aromatic N) is 1. The Bertz CT molecular complexity index is 796. The number of aryl methyl sites for hydroxylation is 1. The lowest BCUT2D eigenvalue weighted by Gasteiger charge is -2.02. The number of para-hydroxylation sites is 1. The average molecular weight is 361 g/mol. The fourth-order valence-corrected chi connectivity index (χ4v) is 3.52. The number of anilines is 1. The van der Waals surface area contributed by atoms with Crippen molar-refractivity contribution in [2.24, 2.45) is 0 Å². The molecular weight excluding hydrogens is 348 g/mol. The second kappa shape index (κ2) is 5.95. The Balaban J connectivity index is 1.74. The lowest BCUT2D eigenvalue weighted by atomic mass is 10.1. The van der Waals surface area contributed by atoms with E-state index in [1.54, 1.807) is 0 Å². The largest absolute Gasteiger partial charge is 0.302 e. The van der Waals surface area contributed by atoms with E-state index >= 15 is 0 Å². The average Bonchev–Trinajstić information content (AvgIpc) is 2.85. The first-order valence-electron chi connectivity index (χ1n) is 6.52. The molecular formula is C16H13BrN2OS. The molecule has 21 heavy (non-hydrogen) atoms. The minimum atomic E-state index is -0.0472. The SMILES string of the molecule is Cc1ccc(CC(=O)Nc2nc3c(Br)cccc3s2)cc1. The lowest BCUT2D eigenvalue weighted by Crippen LogP contribution is -2.14. The van der Waals surface area contributed by atoms with Crippen molar-refractivity contribution < 1.29 is 4.79 Å². The number of aromatic nitrogens is 1. The van der Waals surface area contributed by atoms with Gasteiger partial charge >= 0.3 is 0 Å². The zero-order valence-electron chi connectivity index (χ0n) is 11.4. The van der Waals surface area contributed by atoms with Crippen molar-refractivity contribution in [3.8, 4) is 0 Å². The van der Waals surface area contributed by atoms with Crippen LogP contribution in [0.2, 0.25) is 0 Å². The first-order valence-corrected chi connectivity index (χ1v) is 8.13. The van der Waals surface area contributed by atoms with Crippen LogP contribution in [0.1, 0.15) is 11.1 Å². The van der Waals surface area contributed by atoms with Crippen molar-refractivity contribution >= 4 is 48.5 Å². The summed E-state index contributed by atoms with van der Waals surface area (Å²) in [5, 5.41) is 3.50. The number of rotatable bonds is 3. The van der Waals surface area contributed by atoms with Gasteiger partial charge in [-0.3, -0.25) is 4.79 Å². The maximum Gasteiger partial charge on any atom is 0.230 e. The third kappa shape index (κ3) is 3.31. The number of benzene rings is 2. The topological polar surface area (TPSA) is 42.0 Å². The summed E-state index contributed by atoms with van der Waals surface area (Å²) < 4.78 is 1.99. The van der Waals surface area contributed by atoms with Crippen LogP contribution in [0, 0.1) is 6.92 Å². The van der Waals surface area contributed by atoms with E-state index in [4.69, 9.17) is 0 Å². The first-order chi connectivity index (χ1) is 10.1. The van der Waals surface area contributed by atoms with Gasteiger partial charge in [-0.25, -0.2) is 4.98 Å². The molecule has 0 aliphatic carbocycles. The number of hydrogen-bond acceptors (Lipinski definition) is 3. The van der Waals surface area contributed by atoms with E-state index in [-0.39, 0.29) is 5.91 Å². The van der Waals surface area contributed by atoms with E-state index in [9.17, 15) is 4.79 Å². The van der Waals surface area contributed by atoms with Gasteiger partial charge in [0.05, 0.1) is 16.6 Å². The number of carbonyl (C=O) groups excluding carboxylic acids is 1. The Kier molecular flexibility index (Phi) is 4.03. The van der Waals surface area contributed by atoms with E-state index in [2.05, 4.69) is 26.2 Å². The van der Waals surface area contributed by atoms with Crippen LogP contribution in [0.4, 0.5) is 5.13 Å². The fourth-order valence-electron chi connectivity index (χ4n) is 2.02. The van der Waals surface area contributed by atoms with Crippen LogP contribution >= 0.6 is 27.3 Å². The van der Waals surface area contributed by atoms with E-state index in [1.165, 1.54) is 16.9 Å². The molecule has 2 aromatic carbocycles. The van der Waals surface area contributed by atoms with Gasteiger partial charge in [-0.2, -0.15) is 0 Å². The summed E-state index contributed by atoms with van der Waals surface area (Å²) in [7, 11) is 0. The van der Waals surface area contributed by atoms with Gasteiger partial charge < -0.3 is 5.32 Å². The number of thiazole rings is 1. The molecule has 3 nitrogen and oxygen atoms in total. The Morgan fingerprint density at radius 3 is 2.71 bits per heavy atom. The van der Waals surface area contributed by atoms with Gasteiger partial charge in [-0.05, 0) is 40.5 Å². The Hall–Kier alpha value is -1.72. The quantitative estimate of drug-likeness (QED) is 0.744. The normalized spacial score (nSPS) is 10.8. The molecule has 1 aromatic heterocycles.